The van der Waals surface area contributed by atoms with E-state index in [2.05, 4.69) is 183 Å². The average Bonchev–Trinajstić information content (AvgIpc) is 3.62. The molecule has 0 unspecified atom stereocenters. The van der Waals surface area contributed by atoms with Gasteiger partial charge in [-0.25, -0.2) is 4.98 Å². The third-order valence-corrected chi connectivity index (χ3v) is 12.0. The largest absolute Gasteiger partial charge is 0.507 e. The van der Waals surface area contributed by atoms with Gasteiger partial charge in [0.05, 0.1) is 16.6 Å². The summed E-state index contributed by atoms with van der Waals surface area (Å²) in [5.41, 5.74) is 16.0. The van der Waals surface area contributed by atoms with E-state index in [9.17, 15) is 5.11 Å². The summed E-state index contributed by atoms with van der Waals surface area (Å²) in [6, 6.07) is 48.6. The zero-order chi connectivity index (χ0) is 45.2. The molecular formula is C58H60N3OPt-. The number of phenolic OH excluding ortho intramolecular Hbond substituents is 1. The number of phenols is 1. The van der Waals surface area contributed by atoms with Crippen molar-refractivity contribution in [3.05, 3.63) is 167 Å². The van der Waals surface area contributed by atoms with Crippen molar-refractivity contribution in [3.63, 3.8) is 0 Å². The van der Waals surface area contributed by atoms with Crippen LogP contribution in [-0.2, 0) is 37.3 Å². The molecule has 0 atom stereocenters. The number of aryl methyl sites for hydroxylation is 1. The van der Waals surface area contributed by atoms with Gasteiger partial charge in [-0.3, -0.25) is 9.55 Å². The van der Waals surface area contributed by atoms with E-state index in [1.165, 1.54) is 0 Å². The Bertz CT molecular complexity index is 2990. The van der Waals surface area contributed by atoms with Crippen molar-refractivity contribution in [2.24, 2.45) is 0 Å². The van der Waals surface area contributed by atoms with E-state index < -0.39 is 5.89 Å². The van der Waals surface area contributed by atoms with Crippen LogP contribution in [0.4, 0.5) is 0 Å². The second-order valence-corrected chi connectivity index (χ2v) is 20.2. The Hall–Kier alpha value is -5.57. The molecule has 0 radical (unpaired) electrons. The normalized spacial score (nSPS) is 12.6. The molecule has 2 aromatic heterocycles. The first-order chi connectivity index (χ1) is 29.6. The van der Waals surface area contributed by atoms with Crippen LogP contribution in [0.5, 0.6) is 5.75 Å². The van der Waals surface area contributed by atoms with Gasteiger partial charge in [0, 0.05) is 45.6 Å². The maximum atomic E-state index is 12.4. The van der Waals surface area contributed by atoms with E-state index in [-0.39, 0.29) is 43.1 Å². The van der Waals surface area contributed by atoms with E-state index in [4.69, 9.17) is 11.3 Å². The van der Waals surface area contributed by atoms with Gasteiger partial charge < -0.3 is 5.11 Å². The van der Waals surface area contributed by atoms with Crippen molar-refractivity contribution in [1.82, 2.24) is 14.5 Å². The first kappa shape index (κ1) is 44.1. The number of rotatable bonds is 7. The van der Waals surface area contributed by atoms with Crippen LogP contribution >= 0.6 is 0 Å². The van der Waals surface area contributed by atoms with Gasteiger partial charge in [-0.05, 0) is 98.3 Å². The molecule has 63 heavy (non-hydrogen) atoms. The number of aromatic hydroxyl groups is 1. The molecule has 4 nitrogen and oxygen atoms in total. The second-order valence-electron chi connectivity index (χ2n) is 20.2. The smallest absolute Gasteiger partial charge is 0.148 e. The van der Waals surface area contributed by atoms with E-state index in [0.717, 1.165) is 89.2 Å². The third kappa shape index (κ3) is 9.25. The molecule has 0 fully saturated rings. The third-order valence-electron chi connectivity index (χ3n) is 12.0. The molecule has 324 valence electrons. The number of nitrogens with zero attached hydrogens (tertiary/aromatic N) is 3. The summed E-state index contributed by atoms with van der Waals surface area (Å²) in [5.74, 6) is 0.256. The average molecular weight is 1010 g/mol. The molecule has 0 saturated carbocycles. The van der Waals surface area contributed by atoms with Crippen molar-refractivity contribution in [1.29, 1.82) is 0 Å². The molecule has 0 aliphatic rings. The predicted octanol–water partition coefficient (Wildman–Crippen LogP) is 15.6. The summed E-state index contributed by atoms with van der Waals surface area (Å²) in [6.07, 6.45) is 1.87. The molecule has 8 rings (SSSR count). The van der Waals surface area contributed by atoms with Gasteiger partial charge >= 0.3 is 0 Å². The zero-order valence-corrected chi connectivity index (χ0v) is 41.1. The molecule has 0 amide bonds. The molecule has 0 saturated heterocycles. The Kier molecular flexibility index (Phi) is 12.0. The molecule has 0 spiro atoms. The number of imidazole rings is 1. The first-order valence-electron chi connectivity index (χ1n) is 22.3. The number of benzene rings is 6. The summed E-state index contributed by atoms with van der Waals surface area (Å²) >= 11 is 0. The van der Waals surface area contributed by atoms with Gasteiger partial charge in [0.15, 0.2) is 0 Å². The molecule has 6 aromatic carbocycles. The summed E-state index contributed by atoms with van der Waals surface area (Å²) in [5, 5.41) is 12.4. The monoisotopic (exact) mass is 1010 g/mol. The summed E-state index contributed by atoms with van der Waals surface area (Å²) < 4.78 is 10.7. The standard InChI is InChI=1S/C58H60N3O.Pt/c1-36(2)38-21-23-40(24-22-38)41-25-26-59-51(33-41)44-29-43(30-45(31-44)56(4,5)6)48-19-16-20-52-53(48)60-55(49-34-46(57(7,8)9)35-50(54(49)62)58(10,11)12)61(52)47-28-37(3)27-42(32-47)39-17-14-13-15-18-39;/h13-28,30-36,62H,1-12H3;/q-1;/i36D;. The minimum Gasteiger partial charge on any atom is -0.507 e. The van der Waals surface area contributed by atoms with Crippen LogP contribution in [0.3, 0.4) is 0 Å². The quantitative estimate of drug-likeness (QED) is 0.162. The van der Waals surface area contributed by atoms with E-state index in [0.29, 0.717) is 11.4 Å². The van der Waals surface area contributed by atoms with Gasteiger partial charge in [0.25, 0.3) is 0 Å². The summed E-state index contributed by atoms with van der Waals surface area (Å²) in [6.45, 7) is 25.8. The van der Waals surface area contributed by atoms with Crippen LogP contribution in [-0.4, -0.2) is 19.6 Å². The molecule has 8 aromatic rings. The fourth-order valence-electron chi connectivity index (χ4n) is 8.30. The number of pyridine rings is 1. The number of hydrogen-bond acceptors (Lipinski definition) is 3. The van der Waals surface area contributed by atoms with E-state index in [1.54, 1.807) is 0 Å². The Morgan fingerprint density at radius 2 is 1.27 bits per heavy atom. The molecule has 2 heterocycles. The van der Waals surface area contributed by atoms with Crippen LogP contribution in [0.2, 0.25) is 0 Å². The maximum Gasteiger partial charge on any atom is 0.148 e. The van der Waals surface area contributed by atoms with Crippen molar-refractivity contribution in [2.45, 2.75) is 105 Å². The molecule has 0 aliphatic carbocycles. The maximum absolute atomic E-state index is 12.4. The number of aromatic nitrogens is 3. The van der Waals surface area contributed by atoms with Crippen molar-refractivity contribution < 1.29 is 27.5 Å². The first-order valence-corrected chi connectivity index (χ1v) is 21.8. The molecular weight excluding hydrogens is 950 g/mol. The fourth-order valence-corrected chi connectivity index (χ4v) is 8.30. The van der Waals surface area contributed by atoms with Crippen molar-refractivity contribution >= 4 is 11.0 Å². The Morgan fingerprint density at radius 1 is 0.619 bits per heavy atom. The van der Waals surface area contributed by atoms with Gasteiger partial charge in [0.1, 0.15) is 11.6 Å². The Morgan fingerprint density at radius 3 is 1.92 bits per heavy atom. The SMILES string of the molecule is [2H]C(C)(C)c1ccc(-c2ccnc(-c3[c-]c(-c4cccc5c4nc(-c4cc(C(C)(C)C)cc(C(C)(C)C)c4O)n5-c4cc(C)cc(-c5ccccc5)c4)cc(C(C)(C)C)c3)c2)cc1.[Pt]. The predicted molar refractivity (Wildman–Crippen MR) is 261 cm³/mol. The van der Waals surface area contributed by atoms with Crippen molar-refractivity contribution in [2.75, 3.05) is 0 Å². The van der Waals surface area contributed by atoms with Crippen LogP contribution in [0.25, 0.3) is 72.7 Å². The molecule has 0 aliphatic heterocycles. The van der Waals surface area contributed by atoms with Crippen LogP contribution in [0, 0.1) is 13.0 Å². The van der Waals surface area contributed by atoms with Gasteiger partial charge in [-0.15, -0.1) is 29.3 Å². The van der Waals surface area contributed by atoms with Crippen molar-refractivity contribution in [3.8, 4) is 67.5 Å². The number of fused-ring (bicyclic) bond motifs is 1. The zero-order valence-electron chi connectivity index (χ0n) is 39.8. The van der Waals surface area contributed by atoms with Crippen LogP contribution in [0.1, 0.15) is 111 Å². The van der Waals surface area contributed by atoms with E-state index >= 15 is 0 Å². The van der Waals surface area contributed by atoms with Gasteiger partial charge in [0.2, 0.25) is 0 Å². The summed E-state index contributed by atoms with van der Waals surface area (Å²) in [4.78, 5) is 10.5. The molecule has 5 heteroatoms. The van der Waals surface area contributed by atoms with Gasteiger partial charge in [-0.1, -0.05) is 172 Å². The van der Waals surface area contributed by atoms with E-state index in [1.807, 2.05) is 44.3 Å². The fraction of sp³-hybridized carbons (Fsp3) is 0.276. The number of hydrogen-bond donors (Lipinski definition) is 1. The summed E-state index contributed by atoms with van der Waals surface area (Å²) in [7, 11) is 0. The Balaban J connectivity index is 0.00000612. The minimum absolute atomic E-state index is 0. The minimum atomic E-state index is -0.669. The number of para-hydroxylation sites is 1. The van der Waals surface area contributed by atoms with Crippen LogP contribution < -0.4 is 0 Å². The molecule has 0 bridgehead atoms. The van der Waals surface area contributed by atoms with Crippen LogP contribution in [0.15, 0.2) is 134 Å². The van der Waals surface area contributed by atoms with Gasteiger partial charge in [-0.2, -0.15) is 0 Å². The second kappa shape index (κ2) is 17.2. The Labute approximate surface area is 391 Å². The molecule has 1 N–H and O–H groups in total. The topological polar surface area (TPSA) is 50.9 Å².